The van der Waals surface area contributed by atoms with Gasteiger partial charge in [-0.25, -0.2) is 24.9 Å². The molecule has 0 bridgehead atoms. The average molecular weight is 623 g/mol. The molecule has 2 aromatic carbocycles. The summed E-state index contributed by atoms with van der Waals surface area (Å²) in [5, 5.41) is 9.29. The van der Waals surface area contributed by atoms with Crippen LogP contribution in [-0.4, -0.2) is 59.6 Å². The van der Waals surface area contributed by atoms with E-state index in [1.807, 2.05) is 56.3 Å². The molecule has 10 heteroatoms. The lowest BCUT2D eigenvalue weighted by molar-refractivity contribution is 0.191. The molecular weight excluding hydrogens is 584 g/mol. The van der Waals surface area contributed by atoms with Gasteiger partial charge in [-0.2, -0.15) is 5.26 Å². The molecule has 2 unspecified atom stereocenters. The minimum Gasteiger partial charge on any atom is -0.383 e. The van der Waals surface area contributed by atoms with Gasteiger partial charge < -0.3 is 10.6 Å². The maximum atomic E-state index is 9.29. The number of nitrogen functional groups attached to an aromatic ring is 1. The fourth-order valence-corrected chi connectivity index (χ4v) is 6.33. The van der Waals surface area contributed by atoms with Crippen LogP contribution >= 0.6 is 0 Å². The standard InChI is InChI=1S/C35H32N10.C2H6/c1-23-19-43(20-24(2)44(23)32-17-27(18-36)39-22-40-32)21-25-10-12-28(13-11-25)45-34(29-9-6-16-38-33(29)37)42-31-15-14-30(41-35(31)45)26-7-4-3-5-8-26;1-2/h3-17,22-24H,19-21H2,1-2H3,(H2,37,38);1-2H3. The molecule has 236 valence electrons. The van der Waals surface area contributed by atoms with Crippen LogP contribution in [-0.2, 0) is 6.54 Å². The molecular formula is C37H38N10. The van der Waals surface area contributed by atoms with Gasteiger partial charge in [0.15, 0.2) is 11.5 Å². The Morgan fingerprint density at radius 2 is 1.60 bits per heavy atom. The van der Waals surface area contributed by atoms with Crippen LogP contribution in [0.1, 0.15) is 39.0 Å². The maximum Gasteiger partial charge on any atom is 0.165 e. The van der Waals surface area contributed by atoms with Crippen LogP contribution < -0.4 is 10.6 Å². The number of anilines is 2. The van der Waals surface area contributed by atoms with Crippen molar-refractivity contribution in [2.24, 2.45) is 0 Å². The van der Waals surface area contributed by atoms with Crippen molar-refractivity contribution in [2.75, 3.05) is 23.7 Å². The molecule has 1 fully saturated rings. The fraction of sp³-hybridized carbons (Fsp3) is 0.243. The molecule has 5 heterocycles. The number of aromatic nitrogens is 6. The highest BCUT2D eigenvalue weighted by Crippen LogP contribution is 2.32. The van der Waals surface area contributed by atoms with E-state index < -0.39 is 0 Å². The number of hydrogen-bond donors (Lipinski definition) is 1. The molecule has 1 aliphatic rings. The van der Waals surface area contributed by atoms with Crippen molar-refractivity contribution in [1.82, 2.24) is 34.4 Å². The molecule has 0 aliphatic carbocycles. The summed E-state index contributed by atoms with van der Waals surface area (Å²) >= 11 is 0. The number of nitrogens with two attached hydrogens (primary N) is 1. The summed E-state index contributed by atoms with van der Waals surface area (Å²) in [6, 6.07) is 30.9. The summed E-state index contributed by atoms with van der Waals surface area (Å²) in [6.45, 7) is 11.0. The van der Waals surface area contributed by atoms with Crippen molar-refractivity contribution >= 4 is 22.8 Å². The van der Waals surface area contributed by atoms with Gasteiger partial charge in [0.1, 0.15) is 35.2 Å². The first-order valence-electron chi connectivity index (χ1n) is 16.0. The first kappa shape index (κ1) is 31.3. The van der Waals surface area contributed by atoms with Gasteiger partial charge in [-0.1, -0.05) is 56.3 Å². The molecule has 0 spiro atoms. The number of fused-ring (bicyclic) bond motifs is 1. The Morgan fingerprint density at radius 3 is 2.30 bits per heavy atom. The summed E-state index contributed by atoms with van der Waals surface area (Å²) in [4.78, 5) is 27.6. The van der Waals surface area contributed by atoms with E-state index >= 15 is 0 Å². The van der Waals surface area contributed by atoms with Gasteiger partial charge in [-0.15, -0.1) is 0 Å². The maximum absolute atomic E-state index is 9.29. The van der Waals surface area contributed by atoms with Crippen molar-refractivity contribution in [3.05, 3.63) is 109 Å². The highest BCUT2D eigenvalue weighted by molar-refractivity contribution is 5.84. The third-order valence-electron chi connectivity index (χ3n) is 8.28. The van der Waals surface area contributed by atoms with E-state index in [9.17, 15) is 5.26 Å². The summed E-state index contributed by atoms with van der Waals surface area (Å²) in [6.07, 6.45) is 3.15. The minimum absolute atomic E-state index is 0.226. The quantitative estimate of drug-likeness (QED) is 0.221. The molecule has 0 amide bonds. The largest absolute Gasteiger partial charge is 0.383 e. The second-order valence-electron chi connectivity index (χ2n) is 11.5. The number of rotatable bonds is 6. The monoisotopic (exact) mass is 622 g/mol. The SMILES string of the molecule is CC.CC1CN(Cc2ccc(-n3c(-c4cccnc4N)nc4ccc(-c5ccccc5)nc43)cc2)CC(C)N1c1cc(C#N)ncn1. The lowest BCUT2D eigenvalue weighted by Crippen LogP contribution is -2.56. The highest BCUT2D eigenvalue weighted by Gasteiger charge is 2.30. The van der Waals surface area contributed by atoms with Crippen molar-refractivity contribution in [2.45, 2.75) is 46.3 Å². The van der Waals surface area contributed by atoms with Gasteiger partial charge in [0, 0.05) is 55.2 Å². The molecule has 10 nitrogen and oxygen atoms in total. The molecule has 7 rings (SSSR count). The van der Waals surface area contributed by atoms with Gasteiger partial charge in [0.25, 0.3) is 0 Å². The molecule has 2 N–H and O–H groups in total. The molecule has 0 saturated carbocycles. The zero-order valence-electron chi connectivity index (χ0n) is 27.1. The zero-order valence-corrected chi connectivity index (χ0v) is 27.1. The number of piperazine rings is 1. The predicted octanol–water partition coefficient (Wildman–Crippen LogP) is 6.52. The minimum atomic E-state index is 0.226. The molecule has 2 atom stereocenters. The van der Waals surface area contributed by atoms with Crippen LogP contribution in [0.5, 0.6) is 0 Å². The van der Waals surface area contributed by atoms with E-state index in [4.69, 9.17) is 15.7 Å². The summed E-state index contributed by atoms with van der Waals surface area (Å²) in [5.74, 6) is 1.92. The molecule has 0 radical (unpaired) electrons. The Bertz CT molecular complexity index is 2000. The van der Waals surface area contributed by atoms with E-state index in [1.165, 1.54) is 11.9 Å². The number of nitrogens with zero attached hydrogens (tertiary/aromatic N) is 9. The van der Waals surface area contributed by atoms with Crippen LogP contribution in [0.4, 0.5) is 11.6 Å². The van der Waals surface area contributed by atoms with Crippen molar-refractivity contribution in [3.8, 4) is 34.4 Å². The number of imidazole rings is 1. The molecule has 1 aliphatic heterocycles. The van der Waals surface area contributed by atoms with Crippen molar-refractivity contribution in [1.29, 1.82) is 5.26 Å². The third-order valence-corrected chi connectivity index (χ3v) is 8.28. The molecule has 47 heavy (non-hydrogen) atoms. The van der Waals surface area contributed by atoms with E-state index in [0.717, 1.165) is 59.1 Å². The second-order valence-corrected chi connectivity index (χ2v) is 11.5. The smallest absolute Gasteiger partial charge is 0.165 e. The molecule has 4 aromatic heterocycles. The zero-order chi connectivity index (χ0) is 32.9. The Balaban J connectivity index is 0.00000190. The van der Waals surface area contributed by atoms with E-state index in [-0.39, 0.29) is 12.1 Å². The third kappa shape index (κ3) is 6.39. The number of pyridine rings is 2. The van der Waals surface area contributed by atoms with Gasteiger partial charge in [-0.3, -0.25) is 9.47 Å². The van der Waals surface area contributed by atoms with Crippen molar-refractivity contribution < 1.29 is 0 Å². The van der Waals surface area contributed by atoms with Crippen LogP contribution in [0, 0.1) is 11.3 Å². The average Bonchev–Trinajstić information content (AvgIpc) is 3.48. The highest BCUT2D eigenvalue weighted by atomic mass is 15.3. The Labute approximate surface area is 275 Å². The lowest BCUT2D eigenvalue weighted by Gasteiger charge is -2.45. The molecule has 1 saturated heterocycles. The topological polar surface area (TPSA) is 126 Å². The van der Waals surface area contributed by atoms with Crippen LogP contribution in [0.25, 0.3) is 39.5 Å². The van der Waals surface area contributed by atoms with Gasteiger partial charge >= 0.3 is 0 Å². The van der Waals surface area contributed by atoms with Crippen LogP contribution in [0.2, 0.25) is 0 Å². The number of benzene rings is 2. The Hall–Kier alpha value is -5.66. The first-order chi connectivity index (χ1) is 23.0. The van der Waals surface area contributed by atoms with E-state index in [2.05, 4.69) is 85.6 Å². The van der Waals surface area contributed by atoms with Crippen LogP contribution in [0.3, 0.4) is 0 Å². The Morgan fingerprint density at radius 1 is 0.851 bits per heavy atom. The van der Waals surface area contributed by atoms with Gasteiger partial charge in [0.2, 0.25) is 0 Å². The molecule has 6 aromatic rings. The Kier molecular flexibility index (Phi) is 9.18. The predicted molar refractivity (Wildman–Crippen MR) is 187 cm³/mol. The lowest BCUT2D eigenvalue weighted by atomic mass is 10.1. The van der Waals surface area contributed by atoms with Gasteiger partial charge in [-0.05, 0) is 55.8 Å². The fourth-order valence-electron chi connectivity index (χ4n) is 6.33. The summed E-state index contributed by atoms with van der Waals surface area (Å²) in [7, 11) is 0. The summed E-state index contributed by atoms with van der Waals surface area (Å²) < 4.78 is 2.07. The number of nitriles is 1. The number of hydrogen-bond acceptors (Lipinski definition) is 9. The van der Waals surface area contributed by atoms with Crippen molar-refractivity contribution in [3.63, 3.8) is 0 Å². The normalized spacial score (nSPS) is 16.4. The first-order valence-corrected chi connectivity index (χ1v) is 16.0. The van der Waals surface area contributed by atoms with Crippen LogP contribution in [0.15, 0.2) is 97.5 Å². The summed E-state index contributed by atoms with van der Waals surface area (Å²) in [5.41, 5.74) is 13.1. The van der Waals surface area contributed by atoms with E-state index in [1.54, 1.807) is 12.3 Å². The second kappa shape index (κ2) is 13.8. The van der Waals surface area contributed by atoms with E-state index in [0.29, 0.717) is 17.3 Å². The van der Waals surface area contributed by atoms with Gasteiger partial charge in [0.05, 0.1) is 11.3 Å².